The second kappa shape index (κ2) is 7.09. The lowest BCUT2D eigenvalue weighted by molar-refractivity contribution is 0.339. The molecule has 0 amide bonds. The van der Waals surface area contributed by atoms with E-state index in [1.807, 2.05) is 6.92 Å². The molecule has 6 heteroatoms. The van der Waals surface area contributed by atoms with Crippen molar-refractivity contribution in [3.05, 3.63) is 57.0 Å². The smallest absolute Gasteiger partial charge is 0.156 e. The van der Waals surface area contributed by atoms with Gasteiger partial charge in [-0.15, -0.1) is 0 Å². The first kappa shape index (κ1) is 16.0. The molecular weight excluding hydrogens is 364 g/mol. The van der Waals surface area contributed by atoms with E-state index in [9.17, 15) is 8.78 Å². The van der Waals surface area contributed by atoms with Crippen LogP contribution in [0, 0.1) is 11.6 Å². The molecule has 0 radical (unpaired) electrons. The zero-order valence-corrected chi connectivity index (χ0v) is 13.6. The van der Waals surface area contributed by atoms with E-state index in [1.165, 1.54) is 0 Å². The fourth-order valence-corrected chi connectivity index (χ4v) is 2.78. The van der Waals surface area contributed by atoms with Crippen molar-refractivity contribution in [2.24, 2.45) is 0 Å². The van der Waals surface area contributed by atoms with Crippen molar-refractivity contribution >= 4 is 33.2 Å². The SMILES string of the molecule is CCOc1c(Br)cc(Cl)cc1NCc1cc(F)ccc1F. The third-order valence-corrected chi connectivity index (χ3v) is 3.58. The van der Waals surface area contributed by atoms with Gasteiger partial charge in [0.1, 0.15) is 11.6 Å². The number of rotatable bonds is 5. The fourth-order valence-electron chi connectivity index (χ4n) is 1.85. The molecule has 0 aliphatic heterocycles. The third-order valence-electron chi connectivity index (χ3n) is 2.77. The number of anilines is 1. The highest BCUT2D eigenvalue weighted by molar-refractivity contribution is 9.10. The van der Waals surface area contributed by atoms with E-state index < -0.39 is 11.6 Å². The Bertz CT molecular complexity index is 652. The zero-order chi connectivity index (χ0) is 15.4. The summed E-state index contributed by atoms with van der Waals surface area (Å²) in [5.41, 5.74) is 0.841. The predicted octanol–water partition coefficient (Wildman–Crippen LogP) is 5.39. The van der Waals surface area contributed by atoms with Crippen molar-refractivity contribution in [1.82, 2.24) is 0 Å². The zero-order valence-electron chi connectivity index (χ0n) is 11.2. The van der Waals surface area contributed by atoms with Crippen molar-refractivity contribution in [2.45, 2.75) is 13.5 Å². The topological polar surface area (TPSA) is 21.3 Å². The second-order valence-corrected chi connectivity index (χ2v) is 5.58. The quantitative estimate of drug-likeness (QED) is 0.755. The highest BCUT2D eigenvalue weighted by atomic mass is 79.9. The van der Waals surface area contributed by atoms with Crippen LogP contribution in [0.3, 0.4) is 0 Å². The average molecular weight is 377 g/mol. The van der Waals surface area contributed by atoms with Crippen LogP contribution >= 0.6 is 27.5 Å². The molecule has 0 heterocycles. The van der Waals surface area contributed by atoms with Gasteiger partial charge in [-0.3, -0.25) is 0 Å². The first-order valence-electron chi connectivity index (χ1n) is 6.31. The summed E-state index contributed by atoms with van der Waals surface area (Å²) >= 11 is 9.37. The molecule has 0 aliphatic rings. The Hall–Kier alpha value is -1.33. The van der Waals surface area contributed by atoms with E-state index in [-0.39, 0.29) is 12.1 Å². The monoisotopic (exact) mass is 375 g/mol. The molecule has 0 bridgehead atoms. The second-order valence-electron chi connectivity index (χ2n) is 4.29. The molecule has 2 aromatic carbocycles. The first-order valence-corrected chi connectivity index (χ1v) is 7.48. The Balaban J connectivity index is 2.25. The Morgan fingerprint density at radius 2 is 2.00 bits per heavy atom. The van der Waals surface area contributed by atoms with E-state index >= 15 is 0 Å². The highest BCUT2D eigenvalue weighted by Crippen LogP contribution is 2.36. The molecule has 0 unspecified atom stereocenters. The van der Waals surface area contributed by atoms with Crippen molar-refractivity contribution in [3.63, 3.8) is 0 Å². The lowest BCUT2D eigenvalue weighted by Crippen LogP contribution is -2.05. The van der Waals surface area contributed by atoms with E-state index in [1.54, 1.807) is 12.1 Å². The summed E-state index contributed by atoms with van der Waals surface area (Å²) in [6.45, 7) is 2.46. The van der Waals surface area contributed by atoms with Gasteiger partial charge in [-0.1, -0.05) is 11.6 Å². The summed E-state index contributed by atoms with van der Waals surface area (Å²) in [5.74, 6) is -0.368. The van der Waals surface area contributed by atoms with Crippen LogP contribution in [0.5, 0.6) is 5.75 Å². The lowest BCUT2D eigenvalue weighted by atomic mass is 10.2. The largest absolute Gasteiger partial charge is 0.491 e. The van der Waals surface area contributed by atoms with Crippen LogP contribution in [0.4, 0.5) is 14.5 Å². The number of halogens is 4. The van der Waals surface area contributed by atoms with Crippen LogP contribution < -0.4 is 10.1 Å². The van der Waals surface area contributed by atoms with Crippen LogP contribution in [0.25, 0.3) is 0 Å². The Kier molecular flexibility index (Phi) is 5.42. The van der Waals surface area contributed by atoms with Gasteiger partial charge < -0.3 is 10.1 Å². The lowest BCUT2D eigenvalue weighted by Gasteiger charge is -2.15. The average Bonchev–Trinajstić information content (AvgIpc) is 2.43. The molecule has 0 saturated heterocycles. The molecule has 0 aromatic heterocycles. The van der Waals surface area contributed by atoms with E-state index in [2.05, 4.69) is 21.2 Å². The van der Waals surface area contributed by atoms with Crippen molar-refractivity contribution < 1.29 is 13.5 Å². The minimum Gasteiger partial charge on any atom is -0.491 e. The number of benzene rings is 2. The van der Waals surface area contributed by atoms with Gasteiger partial charge in [0.25, 0.3) is 0 Å². The molecule has 0 fully saturated rings. The van der Waals surface area contributed by atoms with Gasteiger partial charge in [0.15, 0.2) is 5.75 Å². The van der Waals surface area contributed by atoms with Gasteiger partial charge in [0.2, 0.25) is 0 Å². The number of ether oxygens (including phenoxy) is 1. The summed E-state index contributed by atoms with van der Waals surface area (Å²) < 4.78 is 33.0. The van der Waals surface area contributed by atoms with Crippen LogP contribution in [0.2, 0.25) is 5.02 Å². The molecule has 112 valence electrons. The minimum atomic E-state index is -0.481. The molecule has 0 spiro atoms. The first-order chi connectivity index (χ1) is 10.0. The van der Waals surface area contributed by atoms with Crippen LogP contribution in [-0.2, 0) is 6.54 Å². The predicted molar refractivity (Wildman–Crippen MR) is 84.0 cm³/mol. The van der Waals surface area contributed by atoms with Crippen LogP contribution in [-0.4, -0.2) is 6.61 Å². The van der Waals surface area contributed by atoms with Crippen LogP contribution in [0.15, 0.2) is 34.8 Å². The van der Waals surface area contributed by atoms with Gasteiger partial charge in [0.05, 0.1) is 16.8 Å². The molecule has 2 nitrogen and oxygen atoms in total. The summed E-state index contributed by atoms with van der Waals surface area (Å²) in [7, 11) is 0. The van der Waals surface area contributed by atoms with E-state index in [4.69, 9.17) is 16.3 Å². The Labute approximate surface area is 135 Å². The number of nitrogens with one attached hydrogen (secondary N) is 1. The van der Waals surface area contributed by atoms with Gasteiger partial charge in [-0.05, 0) is 53.2 Å². The van der Waals surface area contributed by atoms with E-state index in [0.29, 0.717) is 27.5 Å². The minimum absolute atomic E-state index is 0.121. The van der Waals surface area contributed by atoms with Crippen molar-refractivity contribution in [2.75, 3.05) is 11.9 Å². The number of hydrogen-bond acceptors (Lipinski definition) is 2. The summed E-state index contributed by atoms with van der Waals surface area (Å²) in [6, 6.07) is 6.72. The molecule has 21 heavy (non-hydrogen) atoms. The Morgan fingerprint density at radius 1 is 1.24 bits per heavy atom. The maximum absolute atomic E-state index is 13.6. The van der Waals surface area contributed by atoms with Gasteiger partial charge in [0, 0.05) is 17.1 Å². The molecule has 2 rings (SSSR count). The molecular formula is C15H13BrClF2NO. The summed E-state index contributed by atoms with van der Waals surface area (Å²) in [6.07, 6.45) is 0. The molecule has 0 atom stereocenters. The van der Waals surface area contributed by atoms with Gasteiger partial charge >= 0.3 is 0 Å². The molecule has 0 saturated carbocycles. The summed E-state index contributed by atoms with van der Waals surface area (Å²) in [4.78, 5) is 0. The molecule has 1 N–H and O–H groups in total. The maximum atomic E-state index is 13.6. The van der Waals surface area contributed by atoms with Crippen molar-refractivity contribution in [3.8, 4) is 5.75 Å². The van der Waals surface area contributed by atoms with Gasteiger partial charge in [-0.25, -0.2) is 8.78 Å². The molecule has 2 aromatic rings. The maximum Gasteiger partial charge on any atom is 0.156 e. The highest BCUT2D eigenvalue weighted by Gasteiger charge is 2.11. The summed E-state index contributed by atoms with van der Waals surface area (Å²) in [5, 5.41) is 3.52. The fraction of sp³-hybridized carbons (Fsp3) is 0.200. The van der Waals surface area contributed by atoms with Crippen molar-refractivity contribution in [1.29, 1.82) is 0 Å². The number of hydrogen-bond donors (Lipinski definition) is 1. The standard InChI is InChI=1S/C15H13BrClF2NO/c1-2-21-15-12(16)6-10(17)7-14(15)20-8-9-5-11(18)3-4-13(9)19/h3-7,20H,2,8H2,1H3. The van der Waals surface area contributed by atoms with Gasteiger partial charge in [-0.2, -0.15) is 0 Å². The van der Waals surface area contributed by atoms with E-state index in [0.717, 1.165) is 18.2 Å². The molecule has 0 aliphatic carbocycles. The normalized spacial score (nSPS) is 10.5. The van der Waals surface area contributed by atoms with Crippen LogP contribution in [0.1, 0.15) is 12.5 Å². The Morgan fingerprint density at radius 3 is 2.71 bits per heavy atom. The third kappa shape index (κ3) is 4.08.